The van der Waals surface area contributed by atoms with Crippen LogP contribution >= 0.6 is 0 Å². The fourth-order valence-corrected chi connectivity index (χ4v) is 3.06. The van der Waals surface area contributed by atoms with Crippen LogP contribution in [0.5, 0.6) is 5.75 Å². The number of benzene rings is 2. The van der Waals surface area contributed by atoms with E-state index in [0.29, 0.717) is 0 Å². The van der Waals surface area contributed by atoms with Gasteiger partial charge in [-0.15, -0.1) is 0 Å². The van der Waals surface area contributed by atoms with E-state index in [1.54, 1.807) is 0 Å². The highest BCUT2D eigenvalue weighted by atomic mass is 19.4. The topological polar surface area (TPSA) is 131 Å². The van der Waals surface area contributed by atoms with Gasteiger partial charge in [0, 0.05) is 11.5 Å². The Balaban J connectivity index is 1.56. The number of nitrogens with one attached hydrogen (secondary N) is 2. The summed E-state index contributed by atoms with van der Waals surface area (Å²) < 4.78 is 70.1. The molecule has 0 saturated carbocycles. The Labute approximate surface area is 197 Å². The Hall–Kier alpha value is -4.82. The highest BCUT2D eigenvalue weighted by molar-refractivity contribution is 5.95. The van der Waals surface area contributed by atoms with E-state index in [-0.39, 0.29) is 33.8 Å². The predicted octanol–water partition coefficient (Wildman–Crippen LogP) is 3.59. The quantitative estimate of drug-likeness (QED) is 0.266. The van der Waals surface area contributed by atoms with Crippen LogP contribution in [-0.4, -0.2) is 49.5 Å². The summed E-state index contributed by atoms with van der Waals surface area (Å²) in [4.78, 5) is 30.7. The summed E-state index contributed by atoms with van der Waals surface area (Å²) in [6.45, 7) is -1.26. The van der Waals surface area contributed by atoms with E-state index in [1.807, 2.05) is 0 Å². The van der Waals surface area contributed by atoms with Crippen LogP contribution in [0.1, 0.15) is 0 Å². The molecule has 0 aliphatic heterocycles. The fraction of sp³-hybridized carbons (Fsp3) is 0.0952. The Morgan fingerprint density at radius 2 is 1.89 bits per heavy atom. The standard InChI is InChI=1S/C21H13F5N6O4/c22-12-2-1-3-14(31-17(34)8-36-20(35)21(24,25)26)18(12)32-7-10(6-29-32)30-19-11-4-13(23)16(33)5-15(11)27-9-28-19/h1-7,9,33H,8H2,(H,31,34)(H,27,28,30). The highest BCUT2D eigenvalue weighted by Crippen LogP contribution is 2.29. The first-order valence-electron chi connectivity index (χ1n) is 9.80. The van der Waals surface area contributed by atoms with Crippen LogP contribution in [0, 0.1) is 11.6 Å². The number of phenols is 1. The van der Waals surface area contributed by atoms with Gasteiger partial charge in [-0.2, -0.15) is 18.3 Å². The summed E-state index contributed by atoms with van der Waals surface area (Å²) in [5.74, 6) is -5.90. The number of esters is 1. The van der Waals surface area contributed by atoms with E-state index in [2.05, 4.69) is 30.4 Å². The molecule has 0 unspecified atom stereocenters. The smallest absolute Gasteiger partial charge is 0.490 e. The lowest BCUT2D eigenvalue weighted by Crippen LogP contribution is -2.29. The summed E-state index contributed by atoms with van der Waals surface area (Å²) in [5, 5.41) is 18.8. The fourth-order valence-electron chi connectivity index (χ4n) is 3.06. The van der Waals surface area contributed by atoms with E-state index >= 15 is 0 Å². The minimum atomic E-state index is -5.27. The van der Waals surface area contributed by atoms with E-state index in [9.17, 15) is 36.6 Å². The molecule has 3 N–H and O–H groups in total. The number of anilines is 3. The molecule has 36 heavy (non-hydrogen) atoms. The third-order valence-electron chi connectivity index (χ3n) is 4.61. The first-order chi connectivity index (χ1) is 17.0. The Kier molecular flexibility index (Phi) is 6.37. The maximum Gasteiger partial charge on any atom is 0.490 e. The lowest BCUT2D eigenvalue weighted by molar-refractivity contribution is -0.199. The number of rotatable bonds is 6. The molecular weight excluding hydrogens is 495 g/mol. The van der Waals surface area contributed by atoms with Crippen LogP contribution in [0.2, 0.25) is 0 Å². The number of phenolic OH excluding ortho intramolecular Hbond substituents is 1. The van der Waals surface area contributed by atoms with Gasteiger partial charge in [-0.3, -0.25) is 4.79 Å². The van der Waals surface area contributed by atoms with E-state index in [1.165, 1.54) is 30.9 Å². The normalized spacial score (nSPS) is 11.4. The van der Waals surface area contributed by atoms with Gasteiger partial charge in [0.2, 0.25) is 0 Å². The number of carbonyl (C=O) groups is 2. The molecule has 0 aliphatic carbocycles. The monoisotopic (exact) mass is 508 g/mol. The van der Waals surface area contributed by atoms with Gasteiger partial charge in [-0.1, -0.05) is 6.07 Å². The summed E-state index contributed by atoms with van der Waals surface area (Å²) in [5.41, 5.74) is 0.0412. The maximum absolute atomic E-state index is 14.6. The van der Waals surface area contributed by atoms with Crippen LogP contribution in [0.4, 0.5) is 39.1 Å². The molecule has 0 saturated heterocycles. The molecule has 4 rings (SSSR count). The van der Waals surface area contributed by atoms with Gasteiger partial charge in [-0.25, -0.2) is 28.2 Å². The molecule has 2 heterocycles. The highest BCUT2D eigenvalue weighted by Gasteiger charge is 2.41. The van der Waals surface area contributed by atoms with Crippen LogP contribution in [0.3, 0.4) is 0 Å². The Morgan fingerprint density at radius 3 is 2.64 bits per heavy atom. The summed E-state index contributed by atoms with van der Waals surface area (Å²) in [6, 6.07) is 5.67. The zero-order valence-electron chi connectivity index (χ0n) is 17.7. The van der Waals surface area contributed by atoms with Crippen molar-refractivity contribution in [1.29, 1.82) is 0 Å². The van der Waals surface area contributed by atoms with Gasteiger partial charge in [0.05, 0.1) is 29.3 Å². The molecule has 2 aromatic heterocycles. The van der Waals surface area contributed by atoms with Gasteiger partial charge in [0.1, 0.15) is 17.8 Å². The minimum Gasteiger partial charge on any atom is -0.505 e. The third-order valence-corrected chi connectivity index (χ3v) is 4.61. The SMILES string of the molecule is O=C(COC(=O)C(F)(F)F)Nc1cccc(F)c1-n1cc(Nc2ncnc3cc(O)c(F)cc23)cn1. The number of aromatic nitrogens is 4. The van der Waals surface area contributed by atoms with Gasteiger partial charge in [0.25, 0.3) is 5.91 Å². The van der Waals surface area contributed by atoms with Gasteiger partial charge < -0.3 is 20.5 Å². The molecule has 186 valence electrons. The number of amides is 1. The van der Waals surface area contributed by atoms with Gasteiger partial charge in [0.15, 0.2) is 24.0 Å². The lowest BCUT2D eigenvalue weighted by Gasteiger charge is -2.12. The number of para-hydroxylation sites is 1. The molecule has 10 nitrogen and oxygen atoms in total. The van der Waals surface area contributed by atoms with Crippen LogP contribution in [-0.2, 0) is 14.3 Å². The zero-order valence-corrected chi connectivity index (χ0v) is 17.7. The molecule has 15 heteroatoms. The molecule has 0 atom stereocenters. The van der Waals surface area contributed by atoms with Crippen molar-refractivity contribution in [3.8, 4) is 11.4 Å². The molecule has 0 radical (unpaired) electrons. The lowest BCUT2D eigenvalue weighted by atomic mass is 10.2. The molecule has 0 bridgehead atoms. The summed E-state index contributed by atoms with van der Waals surface area (Å²) in [7, 11) is 0. The second-order valence-electron chi connectivity index (χ2n) is 7.10. The number of alkyl halides is 3. The van der Waals surface area contributed by atoms with E-state index in [0.717, 1.165) is 22.9 Å². The summed E-state index contributed by atoms with van der Waals surface area (Å²) >= 11 is 0. The van der Waals surface area contributed by atoms with E-state index < -0.39 is 42.0 Å². The average Bonchev–Trinajstić information content (AvgIpc) is 3.26. The second-order valence-corrected chi connectivity index (χ2v) is 7.10. The van der Waals surface area contributed by atoms with Crippen molar-refractivity contribution in [3.05, 3.63) is 60.7 Å². The molecule has 4 aromatic rings. The Bertz CT molecular complexity index is 1470. The van der Waals surface area contributed by atoms with Crippen LogP contribution in [0.15, 0.2) is 49.1 Å². The van der Waals surface area contributed by atoms with Crippen molar-refractivity contribution >= 4 is 40.0 Å². The second kappa shape index (κ2) is 9.44. The third kappa shape index (κ3) is 5.13. The van der Waals surface area contributed by atoms with Crippen LogP contribution < -0.4 is 10.6 Å². The van der Waals surface area contributed by atoms with Crippen molar-refractivity contribution in [2.45, 2.75) is 6.18 Å². The number of halogens is 5. The van der Waals surface area contributed by atoms with Gasteiger partial charge in [-0.05, 0) is 18.2 Å². The predicted molar refractivity (Wildman–Crippen MR) is 114 cm³/mol. The summed E-state index contributed by atoms with van der Waals surface area (Å²) in [6.07, 6.45) is -1.55. The van der Waals surface area contributed by atoms with E-state index in [4.69, 9.17) is 0 Å². The van der Waals surface area contributed by atoms with Gasteiger partial charge >= 0.3 is 12.1 Å². The molecular formula is C21H13F5N6O4. The van der Waals surface area contributed by atoms with Crippen molar-refractivity contribution in [1.82, 2.24) is 19.7 Å². The maximum atomic E-state index is 14.6. The number of fused-ring (bicyclic) bond motifs is 1. The first kappa shape index (κ1) is 24.3. The zero-order chi connectivity index (χ0) is 26.0. The molecule has 0 fully saturated rings. The molecule has 0 spiro atoms. The number of ether oxygens (including phenoxy) is 1. The number of carbonyl (C=O) groups excluding carboxylic acids is 2. The van der Waals surface area contributed by atoms with Crippen molar-refractivity contribution in [2.24, 2.45) is 0 Å². The van der Waals surface area contributed by atoms with Crippen LogP contribution in [0.25, 0.3) is 16.6 Å². The molecule has 1 amide bonds. The average molecular weight is 508 g/mol. The van der Waals surface area contributed by atoms with Crippen molar-refractivity contribution in [2.75, 3.05) is 17.2 Å². The number of aromatic hydroxyl groups is 1. The van der Waals surface area contributed by atoms with Crippen molar-refractivity contribution < 1.29 is 41.4 Å². The number of hydrogen-bond acceptors (Lipinski definition) is 8. The molecule has 2 aromatic carbocycles. The first-order valence-corrected chi connectivity index (χ1v) is 9.80. The Morgan fingerprint density at radius 1 is 1.11 bits per heavy atom. The molecule has 0 aliphatic rings. The minimum absolute atomic E-state index is 0.145. The number of nitrogens with zero attached hydrogens (tertiary/aromatic N) is 4. The van der Waals surface area contributed by atoms with Crippen molar-refractivity contribution in [3.63, 3.8) is 0 Å². The largest absolute Gasteiger partial charge is 0.505 e. The number of hydrogen-bond donors (Lipinski definition) is 3.